The van der Waals surface area contributed by atoms with Crippen molar-refractivity contribution in [3.63, 3.8) is 0 Å². The molecule has 2 aliphatic carbocycles. The first-order valence-electron chi connectivity index (χ1n) is 13.2. The summed E-state index contributed by atoms with van der Waals surface area (Å²) < 4.78 is 13.3. The van der Waals surface area contributed by atoms with Gasteiger partial charge in [-0.3, -0.25) is 0 Å². The van der Waals surface area contributed by atoms with Gasteiger partial charge in [-0.2, -0.15) is 0 Å². The van der Waals surface area contributed by atoms with Gasteiger partial charge in [0.1, 0.15) is 0 Å². The molecule has 0 amide bonds. The SMILES string of the molecule is C/C=C1/CCC2C(C)[C@H]3OC(C)(C)O[C@@H]3C(C[C@H](C)O)[C@](C)(CC)CCC[C@]12C.CC. The van der Waals surface area contributed by atoms with Gasteiger partial charge in [-0.05, 0) is 88.4 Å². The molecule has 3 aliphatic rings. The van der Waals surface area contributed by atoms with Crippen LogP contribution in [-0.4, -0.2) is 29.2 Å². The van der Waals surface area contributed by atoms with Crippen molar-refractivity contribution in [2.45, 2.75) is 138 Å². The summed E-state index contributed by atoms with van der Waals surface area (Å²) in [5.41, 5.74) is 2.09. The van der Waals surface area contributed by atoms with Crippen LogP contribution in [0.3, 0.4) is 0 Å². The third-order valence-corrected chi connectivity index (χ3v) is 9.08. The molecule has 0 spiro atoms. The van der Waals surface area contributed by atoms with Gasteiger partial charge >= 0.3 is 0 Å². The lowest BCUT2D eigenvalue weighted by Crippen LogP contribution is -2.48. The Hall–Kier alpha value is -0.380. The summed E-state index contributed by atoms with van der Waals surface area (Å²) in [5, 5.41) is 10.4. The molecule has 0 aromatic heterocycles. The highest BCUT2D eigenvalue weighted by Crippen LogP contribution is 2.58. The van der Waals surface area contributed by atoms with Gasteiger partial charge in [0.05, 0.1) is 18.3 Å². The molecule has 3 heteroatoms. The van der Waals surface area contributed by atoms with E-state index in [-0.39, 0.29) is 29.1 Å². The van der Waals surface area contributed by atoms with Crippen LogP contribution in [0.5, 0.6) is 0 Å². The molecule has 3 rings (SSSR count). The van der Waals surface area contributed by atoms with E-state index in [1.54, 1.807) is 5.57 Å². The van der Waals surface area contributed by atoms with Crippen LogP contribution in [0.25, 0.3) is 0 Å². The summed E-state index contributed by atoms with van der Waals surface area (Å²) >= 11 is 0. The molecule has 8 atom stereocenters. The number of allylic oxidation sites excluding steroid dienone is 2. The number of ether oxygens (including phenoxy) is 2. The second-order valence-corrected chi connectivity index (χ2v) is 11.4. The Labute approximate surface area is 193 Å². The zero-order valence-corrected chi connectivity index (χ0v) is 22.3. The van der Waals surface area contributed by atoms with Crippen LogP contribution < -0.4 is 0 Å². The minimum atomic E-state index is -0.554. The first kappa shape index (κ1) is 26.9. The van der Waals surface area contributed by atoms with Crippen molar-refractivity contribution in [2.75, 3.05) is 0 Å². The van der Waals surface area contributed by atoms with Crippen LogP contribution in [0, 0.1) is 28.6 Å². The topological polar surface area (TPSA) is 38.7 Å². The summed E-state index contributed by atoms with van der Waals surface area (Å²) in [4.78, 5) is 0. The second kappa shape index (κ2) is 10.3. The highest BCUT2D eigenvalue weighted by Gasteiger charge is 2.56. The Bertz CT molecular complexity index is 609. The molecule has 1 heterocycles. The average molecular weight is 437 g/mol. The summed E-state index contributed by atoms with van der Waals surface area (Å²) in [6.07, 6.45) is 10.3. The van der Waals surface area contributed by atoms with Gasteiger partial charge in [0.25, 0.3) is 0 Å². The molecule has 1 saturated heterocycles. The lowest BCUT2D eigenvalue weighted by molar-refractivity contribution is -0.160. The molecule has 31 heavy (non-hydrogen) atoms. The third-order valence-electron chi connectivity index (χ3n) is 9.08. The normalized spacial score (nSPS) is 44.7. The molecule has 3 nitrogen and oxygen atoms in total. The molecule has 0 radical (unpaired) electrons. The van der Waals surface area contributed by atoms with Crippen LogP contribution in [0.1, 0.15) is 114 Å². The number of aliphatic hydroxyl groups excluding tert-OH is 1. The van der Waals surface area contributed by atoms with Gasteiger partial charge in [-0.1, -0.05) is 66.0 Å². The van der Waals surface area contributed by atoms with Crippen LogP contribution in [0.15, 0.2) is 11.6 Å². The first-order chi connectivity index (χ1) is 14.5. The molecule has 1 aliphatic heterocycles. The Morgan fingerprint density at radius 1 is 1.10 bits per heavy atom. The van der Waals surface area contributed by atoms with Crippen molar-refractivity contribution in [1.82, 2.24) is 0 Å². The van der Waals surface area contributed by atoms with Crippen molar-refractivity contribution >= 4 is 0 Å². The number of hydrogen-bond acceptors (Lipinski definition) is 3. The van der Waals surface area contributed by atoms with Crippen LogP contribution in [0.2, 0.25) is 0 Å². The van der Waals surface area contributed by atoms with Crippen LogP contribution in [0.4, 0.5) is 0 Å². The van der Waals surface area contributed by atoms with Crippen molar-refractivity contribution in [2.24, 2.45) is 28.6 Å². The maximum Gasteiger partial charge on any atom is 0.163 e. The zero-order valence-electron chi connectivity index (χ0n) is 22.3. The molecule has 0 aromatic carbocycles. The molecule has 1 N–H and O–H groups in total. The highest BCUT2D eigenvalue weighted by molar-refractivity contribution is 5.21. The van der Waals surface area contributed by atoms with Gasteiger partial charge in [0, 0.05) is 0 Å². The van der Waals surface area contributed by atoms with E-state index < -0.39 is 5.79 Å². The van der Waals surface area contributed by atoms with Gasteiger partial charge in [-0.25, -0.2) is 0 Å². The maximum absolute atomic E-state index is 10.4. The van der Waals surface area contributed by atoms with Crippen molar-refractivity contribution < 1.29 is 14.6 Å². The fourth-order valence-electron chi connectivity index (χ4n) is 7.25. The van der Waals surface area contributed by atoms with Gasteiger partial charge in [-0.15, -0.1) is 0 Å². The lowest BCUT2D eigenvalue weighted by Gasteiger charge is -2.47. The van der Waals surface area contributed by atoms with Crippen molar-refractivity contribution in [3.8, 4) is 0 Å². The molecule has 3 unspecified atom stereocenters. The molecule has 3 fully saturated rings. The average Bonchev–Trinajstić information content (AvgIpc) is 3.22. The number of fused-ring (bicyclic) bond motifs is 2. The largest absolute Gasteiger partial charge is 0.393 e. The smallest absolute Gasteiger partial charge is 0.163 e. The molecular formula is C28H52O3. The minimum Gasteiger partial charge on any atom is -0.393 e. The van der Waals surface area contributed by atoms with Gasteiger partial charge in [0.2, 0.25) is 0 Å². The Morgan fingerprint density at radius 3 is 2.26 bits per heavy atom. The highest BCUT2D eigenvalue weighted by atomic mass is 16.8. The Kier molecular flexibility index (Phi) is 8.90. The quantitative estimate of drug-likeness (QED) is 0.465. The predicted molar refractivity (Wildman–Crippen MR) is 131 cm³/mol. The Morgan fingerprint density at radius 2 is 1.71 bits per heavy atom. The first-order valence-corrected chi connectivity index (χ1v) is 13.2. The van der Waals surface area contributed by atoms with Gasteiger partial charge in [0.15, 0.2) is 5.79 Å². The van der Waals surface area contributed by atoms with Gasteiger partial charge < -0.3 is 14.6 Å². The standard InChI is InChI=1S/C26H46O3.C2H6/c1-9-19-12-13-20-18(4)22-23(29-24(5,6)28-22)21(16-17(3)27)25(7,10-2)14-11-15-26(19,20)8;1-2/h9,17-18,20-23,27H,10-16H2,1-8H3;1-2H3/b19-9-;/t17-,18?,20?,21?,22+,23+,25+,26+;/m0./s1. The van der Waals surface area contributed by atoms with E-state index in [4.69, 9.17) is 9.47 Å². The van der Waals surface area contributed by atoms with Crippen molar-refractivity contribution in [1.29, 1.82) is 0 Å². The summed E-state index contributed by atoms with van der Waals surface area (Å²) in [7, 11) is 0. The molecule has 0 aromatic rings. The van der Waals surface area contributed by atoms with E-state index in [9.17, 15) is 5.11 Å². The molecule has 182 valence electrons. The van der Waals surface area contributed by atoms with E-state index >= 15 is 0 Å². The van der Waals surface area contributed by atoms with E-state index in [0.717, 1.165) is 12.8 Å². The third kappa shape index (κ3) is 5.25. The lowest BCUT2D eigenvalue weighted by atomic mass is 9.60. The molecule has 2 saturated carbocycles. The van der Waals surface area contributed by atoms with Crippen LogP contribution in [-0.2, 0) is 9.47 Å². The second-order valence-electron chi connectivity index (χ2n) is 11.4. The van der Waals surface area contributed by atoms with E-state index in [2.05, 4.69) is 54.5 Å². The summed E-state index contributed by atoms with van der Waals surface area (Å²) in [6.45, 7) is 22.0. The number of hydrogen-bond donors (Lipinski definition) is 1. The minimum absolute atomic E-state index is 0.0524. The summed E-state index contributed by atoms with van der Waals surface area (Å²) in [5.74, 6) is 0.840. The van der Waals surface area contributed by atoms with E-state index in [0.29, 0.717) is 17.8 Å². The van der Waals surface area contributed by atoms with E-state index in [1.807, 2.05) is 20.8 Å². The van der Waals surface area contributed by atoms with Crippen molar-refractivity contribution in [3.05, 3.63) is 11.6 Å². The zero-order chi connectivity index (χ0) is 23.6. The number of aliphatic hydroxyl groups is 1. The maximum atomic E-state index is 10.4. The van der Waals surface area contributed by atoms with Crippen LogP contribution >= 0.6 is 0 Å². The fraction of sp³-hybridized carbons (Fsp3) is 0.929. The molecular weight excluding hydrogens is 384 g/mol. The fourth-order valence-corrected chi connectivity index (χ4v) is 7.25. The monoisotopic (exact) mass is 436 g/mol. The predicted octanol–water partition coefficient (Wildman–Crippen LogP) is 7.52. The Balaban J connectivity index is 0.00000166. The number of rotatable bonds is 3. The molecule has 0 bridgehead atoms. The summed E-state index contributed by atoms with van der Waals surface area (Å²) in [6, 6.07) is 0. The van der Waals surface area contributed by atoms with E-state index in [1.165, 1.54) is 32.1 Å².